The van der Waals surface area contributed by atoms with Crippen LogP contribution in [0.3, 0.4) is 0 Å². The van der Waals surface area contributed by atoms with Gasteiger partial charge in [-0.15, -0.1) is 0 Å². The van der Waals surface area contributed by atoms with Gasteiger partial charge in [-0.2, -0.15) is 8.42 Å². The summed E-state index contributed by atoms with van der Waals surface area (Å²) in [7, 11) is -4.37. The molecule has 9 heteroatoms. The molecule has 0 heterocycles. The quantitative estimate of drug-likeness (QED) is 0.234. The molecule has 21 heavy (non-hydrogen) atoms. The molecule has 5 nitrogen and oxygen atoms in total. The molecule has 1 aliphatic carbocycles. The second-order valence-electron chi connectivity index (χ2n) is 4.69. The molecule has 0 atom stereocenters. The summed E-state index contributed by atoms with van der Waals surface area (Å²) >= 11 is 5.61. The average Bonchev–Trinajstić information content (AvgIpc) is 2.85. The second-order valence-corrected chi connectivity index (χ2v) is 9.45. The summed E-state index contributed by atoms with van der Waals surface area (Å²) in [5.74, 6) is -0.239. The third kappa shape index (κ3) is 4.20. The van der Waals surface area contributed by atoms with Crippen molar-refractivity contribution in [2.45, 2.75) is 30.6 Å². The Hall–Kier alpha value is 0.790. The number of hydrogen-bond acceptors (Lipinski definition) is 4. The largest absolute Gasteiger partial charge is 0.424 e. The number of hydrogen-bond donors (Lipinski definition) is 1. The van der Waals surface area contributed by atoms with Gasteiger partial charge in [0.2, 0.25) is 0 Å². The maximum atomic E-state index is 12.1. The van der Waals surface area contributed by atoms with Gasteiger partial charge in [0.1, 0.15) is 4.90 Å². The molecule has 1 fully saturated rings. The average molecular weight is 648 g/mol. The van der Waals surface area contributed by atoms with Crippen LogP contribution in [0, 0.1) is 16.6 Å². The van der Waals surface area contributed by atoms with Crippen molar-refractivity contribution in [1.82, 2.24) is 0 Å². The molecule has 116 valence electrons. The minimum Gasteiger partial charge on any atom is -0.424 e. The second kappa shape index (κ2) is 7.13. The van der Waals surface area contributed by atoms with Crippen molar-refractivity contribution in [3.8, 4) is 5.75 Å². The molecular weight excluding hydrogens is 637 g/mol. The summed E-state index contributed by atoms with van der Waals surface area (Å²) in [4.78, 5) is 11.9. The summed E-state index contributed by atoms with van der Waals surface area (Å²) in [6, 6.07) is 1.57. The van der Waals surface area contributed by atoms with E-state index < -0.39 is 10.1 Å². The third-order valence-electron chi connectivity index (χ3n) is 3.24. The van der Waals surface area contributed by atoms with Gasteiger partial charge in [-0.05, 0) is 86.7 Å². The Kier molecular flexibility index (Phi) is 6.16. The van der Waals surface area contributed by atoms with Crippen molar-refractivity contribution >= 4 is 83.9 Å². The standard InChI is InChI=1S/C12H11I3O5S/c13-7-5-8(14)11(21(17,18)19)9(15)10(7)20-12(16)6-3-1-2-4-6/h5-6H,1-4H2,(H,17,18,19). The Bertz CT molecular complexity index is 681. The van der Waals surface area contributed by atoms with E-state index in [0.29, 0.717) is 7.14 Å². The predicted molar refractivity (Wildman–Crippen MR) is 102 cm³/mol. The summed E-state index contributed by atoms with van der Waals surface area (Å²) < 4.78 is 39.0. The van der Waals surface area contributed by atoms with Gasteiger partial charge < -0.3 is 4.74 Å². The molecule has 0 unspecified atom stereocenters. The van der Waals surface area contributed by atoms with Gasteiger partial charge in [-0.3, -0.25) is 9.35 Å². The predicted octanol–water partition coefficient (Wildman–Crippen LogP) is 3.84. The molecule has 1 aromatic carbocycles. The minimum atomic E-state index is -4.37. The molecule has 0 aliphatic heterocycles. The molecule has 0 aromatic heterocycles. The number of ether oxygens (including phenoxy) is 1. The fraction of sp³-hybridized carbons (Fsp3) is 0.417. The molecule has 1 aromatic rings. The number of halogens is 3. The Morgan fingerprint density at radius 3 is 2.29 bits per heavy atom. The Labute approximate surface area is 163 Å². The zero-order valence-corrected chi connectivity index (χ0v) is 17.9. The Balaban J connectivity index is 2.42. The zero-order valence-electron chi connectivity index (χ0n) is 10.6. The van der Waals surface area contributed by atoms with Crippen LogP contribution in [0.15, 0.2) is 11.0 Å². The molecule has 0 radical (unpaired) electrons. The van der Waals surface area contributed by atoms with E-state index in [1.165, 1.54) is 0 Å². The lowest BCUT2D eigenvalue weighted by Crippen LogP contribution is -2.19. The highest BCUT2D eigenvalue weighted by atomic mass is 127. The fourth-order valence-corrected chi connectivity index (χ4v) is 8.12. The summed E-state index contributed by atoms with van der Waals surface area (Å²) in [6.45, 7) is 0. The van der Waals surface area contributed by atoms with E-state index in [9.17, 15) is 17.8 Å². The molecule has 0 saturated heterocycles. The van der Waals surface area contributed by atoms with Crippen LogP contribution in [0.4, 0.5) is 0 Å². The van der Waals surface area contributed by atoms with Crippen LogP contribution in [0.5, 0.6) is 5.75 Å². The van der Waals surface area contributed by atoms with Gasteiger partial charge in [-0.1, -0.05) is 12.8 Å². The number of benzene rings is 1. The molecule has 1 aliphatic rings. The first kappa shape index (κ1) is 18.1. The molecule has 1 saturated carbocycles. The lowest BCUT2D eigenvalue weighted by molar-refractivity contribution is -0.138. The van der Waals surface area contributed by atoms with E-state index in [-0.39, 0.29) is 26.1 Å². The number of rotatable bonds is 3. The van der Waals surface area contributed by atoms with Crippen LogP contribution in [0.2, 0.25) is 0 Å². The summed E-state index contributed by atoms with van der Waals surface area (Å²) in [5.41, 5.74) is 0. The lowest BCUT2D eigenvalue weighted by Gasteiger charge is -2.15. The maximum Gasteiger partial charge on any atom is 0.314 e. The molecular formula is C12H11I3O5S. The van der Waals surface area contributed by atoms with Gasteiger partial charge >= 0.3 is 5.97 Å². The number of esters is 1. The van der Waals surface area contributed by atoms with Gasteiger partial charge in [0.15, 0.2) is 5.75 Å². The molecule has 0 amide bonds. The fourth-order valence-electron chi connectivity index (χ4n) is 2.23. The van der Waals surface area contributed by atoms with Gasteiger partial charge in [0.25, 0.3) is 10.1 Å². The van der Waals surface area contributed by atoms with Crippen LogP contribution in [-0.2, 0) is 14.9 Å². The molecule has 0 bridgehead atoms. The van der Waals surface area contributed by atoms with Crippen molar-refractivity contribution in [1.29, 1.82) is 0 Å². The Morgan fingerprint density at radius 1 is 1.19 bits per heavy atom. The lowest BCUT2D eigenvalue weighted by atomic mass is 10.1. The first-order valence-electron chi connectivity index (χ1n) is 6.08. The number of carbonyl (C=O) groups excluding carboxylic acids is 1. The van der Waals surface area contributed by atoms with Crippen molar-refractivity contribution in [2.24, 2.45) is 5.92 Å². The molecule has 0 spiro atoms. The maximum absolute atomic E-state index is 12.1. The van der Waals surface area contributed by atoms with Gasteiger partial charge in [-0.25, -0.2) is 0 Å². The van der Waals surface area contributed by atoms with Crippen LogP contribution in [0.25, 0.3) is 0 Å². The Morgan fingerprint density at radius 2 is 1.76 bits per heavy atom. The monoisotopic (exact) mass is 648 g/mol. The van der Waals surface area contributed by atoms with E-state index >= 15 is 0 Å². The van der Waals surface area contributed by atoms with Crippen molar-refractivity contribution in [3.63, 3.8) is 0 Å². The van der Waals surface area contributed by atoms with E-state index in [1.807, 2.05) is 45.2 Å². The van der Waals surface area contributed by atoms with Crippen LogP contribution in [0.1, 0.15) is 25.7 Å². The van der Waals surface area contributed by atoms with Crippen molar-refractivity contribution < 1.29 is 22.5 Å². The topological polar surface area (TPSA) is 80.7 Å². The van der Waals surface area contributed by atoms with E-state index in [4.69, 9.17) is 4.74 Å². The van der Waals surface area contributed by atoms with Crippen molar-refractivity contribution in [2.75, 3.05) is 0 Å². The minimum absolute atomic E-state index is 0.120. The summed E-state index contributed by atoms with van der Waals surface area (Å²) in [6.07, 6.45) is 3.64. The van der Waals surface area contributed by atoms with E-state index in [1.54, 1.807) is 28.7 Å². The highest BCUT2D eigenvalue weighted by Crippen LogP contribution is 2.37. The third-order valence-corrected chi connectivity index (χ3v) is 7.59. The number of carbonyl (C=O) groups is 1. The first-order chi connectivity index (χ1) is 9.71. The van der Waals surface area contributed by atoms with Crippen LogP contribution < -0.4 is 4.74 Å². The highest BCUT2D eigenvalue weighted by molar-refractivity contribution is 14.1. The SMILES string of the molecule is O=C(Oc1c(I)cc(I)c(S(=O)(=O)O)c1I)C1CCCC1. The van der Waals surface area contributed by atoms with E-state index in [2.05, 4.69) is 0 Å². The highest BCUT2D eigenvalue weighted by Gasteiger charge is 2.29. The molecule has 2 rings (SSSR count). The first-order valence-corrected chi connectivity index (χ1v) is 10.8. The normalized spacial score (nSPS) is 16.2. The molecule has 1 N–H and O–H groups in total. The van der Waals surface area contributed by atoms with E-state index in [0.717, 1.165) is 25.7 Å². The van der Waals surface area contributed by atoms with Crippen LogP contribution in [-0.4, -0.2) is 18.9 Å². The smallest absolute Gasteiger partial charge is 0.314 e. The van der Waals surface area contributed by atoms with Crippen LogP contribution >= 0.6 is 67.8 Å². The zero-order chi connectivity index (χ0) is 15.8. The van der Waals surface area contributed by atoms with Gasteiger partial charge in [0, 0.05) is 3.57 Å². The van der Waals surface area contributed by atoms with Crippen molar-refractivity contribution in [3.05, 3.63) is 16.8 Å². The van der Waals surface area contributed by atoms with Gasteiger partial charge in [0.05, 0.1) is 13.1 Å². The summed E-state index contributed by atoms with van der Waals surface area (Å²) in [5, 5.41) is 0.